The average molecular weight is 339 g/mol. The van der Waals surface area contributed by atoms with Gasteiger partial charge in [-0.3, -0.25) is 9.58 Å². The number of hydrogen-bond acceptors (Lipinski definition) is 4. The predicted molar refractivity (Wildman–Crippen MR) is 96.5 cm³/mol. The highest BCUT2D eigenvalue weighted by Gasteiger charge is 2.17. The van der Waals surface area contributed by atoms with Gasteiger partial charge in [0.2, 0.25) is 0 Å². The Balaban J connectivity index is 1.51. The lowest BCUT2D eigenvalue weighted by Crippen LogP contribution is -2.29. The predicted octanol–water partition coefficient (Wildman–Crippen LogP) is 3.56. The number of thiophene rings is 1. The molecule has 0 atom stereocenters. The van der Waals surface area contributed by atoms with Crippen LogP contribution >= 0.6 is 11.3 Å². The van der Waals surface area contributed by atoms with E-state index in [-0.39, 0.29) is 0 Å². The van der Waals surface area contributed by atoms with Crippen molar-refractivity contribution in [1.29, 1.82) is 0 Å². The molecule has 124 valence electrons. The summed E-state index contributed by atoms with van der Waals surface area (Å²) in [6.45, 7) is 3.90. The van der Waals surface area contributed by atoms with E-state index in [0.29, 0.717) is 0 Å². The van der Waals surface area contributed by atoms with Crippen LogP contribution in [0.4, 0.5) is 0 Å². The van der Waals surface area contributed by atoms with Gasteiger partial charge in [-0.05, 0) is 47.2 Å². The standard InChI is InChI=1S/C19H21N3OS/c1-23-18-4-3-15(11-17(18)14-22-8-2-7-20-22)12-21-9-5-19-16(13-21)6-10-24-19/h2-4,6-8,10-11H,5,9,12-14H2,1H3. The van der Waals surface area contributed by atoms with Crippen LogP contribution < -0.4 is 4.74 Å². The van der Waals surface area contributed by atoms with Crippen molar-refractivity contribution in [1.82, 2.24) is 14.7 Å². The second-order valence-corrected chi connectivity index (χ2v) is 7.18. The summed E-state index contributed by atoms with van der Waals surface area (Å²) in [6.07, 6.45) is 4.96. The molecule has 0 spiro atoms. The number of benzene rings is 1. The average Bonchev–Trinajstić information content (AvgIpc) is 3.26. The van der Waals surface area contributed by atoms with E-state index in [4.69, 9.17) is 4.74 Å². The van der Waals surface area contributed by atoms with Gasteiger partial charge < -0.3 is 4.74 Å². The third kappa shape index (κ3) is 3.23. The fourth-order valence-corrected chi connectivity index (χ4v) is 4.21. The van der Waals surface area contributed by atoms with Gasteiger partial charge in [-0.1, -0.05) is 6.07 Å². The summed E-state index contributed by atoms with van der Waals surface area (Å²) in [5.74, 6) is 0.924. The van der Waals surface area contributed by atoms with Crippen molar-refractivity contribution in [2.75, 3.05) is 13.7 Å². The smallest absolute Gasteiger partial charge is 0.123 e. The van der Waals surface area contributed by atoms with Crippen LogP contribution in [0.5, 0.6) is 5.75 Å². The van der Waals surface area contributed by atoms with Crippen LogP contribution in [0.3, 0.4) is 0 Å². The molecule has 4 rings (SSSR count). The molecular formula is C19H21N3OS. The Kier molecular flexibility index (Phi) is 4.36. The van der Waals surface area contributed by atoms with Gasteiger partial charge in [-0.25, -0.2) is 0 Å². The van der Waals surface area contributed by atoms with Crippen LogP contribution in [0.2, 0.25) is 0 Å². The summed E-state index contributed by atoms with van der Waals surface area (Å²) in [4.78, 5) is 4.08. The summed E-state index contributed by atoms with van der Waals surface area (Å²) in [5.41, 5.74) is 4.00. The monoisotopic (exact) mass is 339 g/mol. The second kappa shape index (κ2) is 6.79. The zero-order valence-corrected chi connectivity index (χ0v) is 14.6. The van der Waals surface area contributed by atoms with Gasteiger partial charge in [0.1, 0.15) is 5.75 Å². The minimum Gasteiger partial charge on any atom is -0.496 e. The van der Waals surface area contributed by atoms with E-state index in [1.807, 2.05) is 34.5 Å². The van der Waals surface area contributed by atoms with E-state index in [2.05, 4.69) is 39.6 Å². The van der Waals surface area contributed by atoms with E-state index in [0.717, 1.165) is 31.9 Å². The minimum absolute atomic E-state index is 0.735. The molecule has 0 N–H and O–H groups in total. The number of rotatable bonds is 5. The molecule has 0 fully saturated rings. The lowest BCUT2D eigenvalue weighted by molar-refractivity contribution is 0.247. The molecule has 0 aliphatic carbocycles. The maximum absolute atomic E-state index is 5.52. The minimum atomic E-state index is 0.735. The van der Waals surface area contributed by atoms with Crippen LogP contribution in [0.25, 0.3) is 0 Å². The fraction of sp³-hybridized carbons (Fsp3) is 0.316. The first-order valence-electron chi connectivity index (χ1n) is 8.22. The molecule has 3 heterocycles. The van der Waals surface area contributed by atoms with Crippen LogP contribution in [0, 0.1) is 0 Å². The summed E-state index contributed by atoms with van der Waals surface area (Å²) >= 11 is 1.89. The lowest BCUT2D eigenvalue weighted by atomic mass is 10.1. The van der Waals surface area contributed by atoms with Gasteiger partial charge in [0.05, 0.1) is 13.7 Å². The number of aromatic nitrogens is 2. The maximum Gasteiger partial charge on any atom is 0.123 e. The molecular weight excluding hydrogens is 318 g/mol. The van der Waals surface area contributed by atoms with E-state index in [1.165, 1.54) is 23.1 Å². The van der Waals surface area contributed by atoms with Crippen molar-refractivity contribution in [3.05, 3.63) is 69.7 Å². The van der Waals surface area contributed by atoms with Crippen LogP contribution in [-0.2, 0) is 26.1 Å². The first-order chi connectivity index (χ1) is 11.8. The Hall–Kier alpha value is -2.11. The molecule has 0 bridgehead atoms. The third-order valence-corrected chi connectivity index (χ3v) is 5.55. The van der Waals surface area contributed by atoms with E-state index >= 15 is 0 Å². The summed E-state index contributed by atoms with van der Waals surface area (Å²) < 4.78 is 7.45. The fourth-order valence-electron chi connectivity index (χ4n) is 3.32. The van der Waals surface area contributed by atoms with Crippen molar-refractivity contribution >= 4 is 11.3 Å². The molecule has 2 aromatic heterocycles. The molecule has 0 amide bonds. The number of hydrogen-bond donors (Lipinski definition) is 0. The van der Waals surface area contributed by atoms with Crippen LogP contribution in [0.1, 0.15) is 21.6 Å². The zero-order valence-electron chi connectivity index (χ0n) is 13.8. The highest BCUT2D eigenvalue weighted by atomic mass is 32.1. The Bertz CT molecular complexity index is 810. The van der Waals surface area contributed by atoms with Crippen LogP contribution in [-0.4, -0.2) is 28.3 Å². The van der Waals surface area contributed by atoms with Gasteiger partial charge in [0.15, 0.2) is 0 Å². The summed E-state index contributed by atoms with van der Waals surface area (Å²) in [6, 6.07) is 10.7. The Labute approximate surface area is 146 Å². The topological polar surface area (TPSA) is 30.3 Å². The second-order valence-electron chi connectivity index (χ2n) is 6.18. The molecule has 1 aliphatic rings. The van der Waals surface area contributed by atoms with Gasteiger partial charge in [-0.15, -0.1) is 11.3 Å². The molecule has 4 nitrogen and oxygen atoms in total. The molecule has 0 radical (unpaired) electrons. The van der Waals surface area contributed by atoms with Gasteiger partial charge in [0.25, 0.3) is 0 Å². The molecule has 0 saturated carbocycles. The molecule has 5 heteroatoms. The van der Waals surface area contributed by atoms with Crippen molar-refractivity contribution in [2.45, 2.75) is 26.1 Å². The zero-order chi connectivity index (χ0) is 16.4. The molecule has 24 heavy (non-hydrogen) atoms. The summed E-state index contributed by atoms with van der Waals surface area (Å²) in [7, 11) is 1.73. The van der Waals surface area contributed by atoms with Gasteiger partial charge in [0, 0.05) is 42.5 Å². The van der Waals surface area contributed by atoms with Crippen molar-refractivity contribution in [2.24, 2.45) is 0 Å². The molecule has 0 unspecified atom stereocenters. The number of nitrogens with zero attached hydrogens (tertiary/aromatic N) is 3. The Morgan fingerprint density at radius 2 is 2.21 bits per heavy atom. The highest BCUT2D eigenvalue weighted by molar-refractivity contribution is 7.10. The maximum atomic E-state index is 5.52. The third-order valence-electron chi connectivity index (χ3n) is 4.53. The number of methoxy groups -OCH3 is 1. The number of ether oxygens (including phenoxy) is 1. The SMILES string of the molecule is COc1ccc(CN2CCc3sccc3C2)cc1Cn1cccn1. The molecule has 3 aromatic rings. The number of fused-ring (bicyclic) bond motifs is 1. The molecule has 1 aromatic carbocycles. The van der Waals surface area contributed by atoms with E-state index in [1.54, 1.807) is 12.0 Å². The Morgan fingerprint density at radius 1 is 1.25 bits per heavy atom. The van der Waals surface area contributed by atoms with Crippen LogP contribution in [0.15, 0.2) is 48.1 Å². The molecule has 0 saturated heterocycles. The van der Waals surface area contributed by atoms with E-state index in [9.17, 15) is 0 Å². The van der Waals surface area contributed by atoms with Gasteiger partial charge >= 0.3 is 0 Å². The quantitative estimate of drug-likeness (QED) is 0.712. The molecule has 1 aliphatic heterocycles. The normalized spacial score (nSPS) is 14.5. The summed E-state index contributed by atoms with van der Waals surface area (Å²) in [5, 5.41) is 6.52. The largest absolute Gasteiger partial charge is 0.496 e. The first kappa shape index (κ1) is 15.4. The van der Waals surface area contributed by atoms with Crippen molar-refractivity contribution in [3.8, 4) is 5.75 Å². The van der Waals surface area contributed by atoms with Crippen molar-refractivity contribution in [3.63, 3.8) is 0 Å². The highest BCUT2D eigenvalue weighted by Crippen LogP contribution is 2.26. The van der Waals surface area contributed by atoms with Gasteiger partial charge in [-0.2, -0.15) is 5.10 Å². The van der Waals surface area contributed by atoms with Crippen molar-refractivity contribution < 1.29 is 4.74 Å². The first-order valence-corrected chi connectivity index (χ1v) is 9.10. The van der Waals surface area contributed by atoms with E-state index < -0.39 is 0 Å². The lowest BCUT2D eigenvalue weighted by Gasteiger charge is -2.27. The Morgan fingerprint density at radius 3 is 3.04 bits per heavy atom.